The van der Waals surface area contributed by atoms with Crippen molar-refractivity contribution in [1.82, 2.24) is 25.1 Å². The predicted octanol–water partition coefficient (Wildman–Crippen LogP) is 4.70. The van der Waals surface area contributed by atoms with Crippen molar-refractivity contribution in [2.24, 2.45) is 0 Å². The zero-order valence-corrected chi connectivity index (χ0v) is 25.7. The maximum atomic E-state index is 14.4. The lowest BCUT2D eigenvalue weighted by molar-refractivity contribution is -0.157. The zero-order chi connectivity index (χ0) is 30.1. The van der Waals surface area contributed by atoms with Gasteiger partial charge in [-0.1, -0.05) is 85.3 Å². The highest BCUT2D eigenvalue weighted by Crippen LogP contribution is 2.49. The number of carbonyl (C=O) groups excluding carboxylic acids is 2. The number of epoxide rings is 1. The van der Waals surface area contributed by atoms with E-state index >= 15 is 0 Å². The van der Waals surface area contributed by atoms with Gasteiger partial charge in [-0.15, -0.1) is 0 Å². The van der Waals surface area contributed by atoms with Crippen molar-refractivity contribution in [2.45, 2.75) is 44.4 Å². The molecule has 3 aromatic rings. The van der Waals surface area contributed by atoms with Gasteiger partial charge in [-0.25, -0.2) is 9.69 Å². The van der Waals surface area contributed by atoms with Crippen molar-refractivity contribution in [3.05, 3.63) is 101 Å². The second-order valence-electron chi connectivity index (χ2n) is 11.7. The van der Waals surface area contributed by atoms with Crippen LogP contribution in [0.5, 0.6) is 0 Å². The van der Waals surface area contributed by atoms with Gasteiger partial charge in [0, 0.05) is 33.7 Å². The number of urea groups is 1. The first-order valence-electron chi connectivity index (χ1n) is 14.9. The number of carbonyl (C=O) groups is 2. The van der Waals surface area contributed by atoms with Gasteiger partial charge in [0.2, 0.25) is 5.91 Å². The number of hydrogen-bond acceptors (Lipinski definition) is 6. The number of piperazine rings is 1. The van der Waals surface area contributed by atoms with Gasteiger partial charge in [-0.05, 0) is 35.2 Å². The summed E-state index contributed by atoms with van der Waals surface area (Å²) in [5.74, 6) is 0.0242. The van der Waals surface area contributed by atoms with E-state index < -0.39 is 11.8 Å². The normalized spacial score (nSPS) is 23.3. The molecule has 0 bridgehead atoms. The van der Waals surface area contributed by atoms with Crippen LogP contribution in [0.4, 0.5) is 10.5 Å². The summed E-state index contributed by atoms with van der Waals surface area (Å²) in [6, 6.07) is 25.0. The van der Waals surface area contributed by atoms with E-state index in [-0.39, 0.29) is 18.1 Å². The molecule has 3 aliphatic heterocycles. The quantitative estimate of drug-likeness (QED) is 0.358. The third-order valence-electron chi connectivity index (χ3n) is 8.48. The first-order chi connectivity index (χ1) is 20.8. The van der Waals surface area contributed by atoms with Gasteiger partial charge in [-0.2, -0.15) is 5.01 Å². The van der Waals surface area contributed by atoms with Gasteiger partial charge in [-0.3, -0.25) is 9.80 Å². The highest BCUT2D eigenvalue weighted by Gasteiger charge is 2.66. The lowest BCUT2D eigenvalue weighted by atomic mass is 9.98. The number of anilines is 1. The molecule has 3 heterocycles. The Kier molecular flexibility index (Phi) is 8.33. The number of nitrogens with one attached hydrogen (secondary N) is 1. The average molecular weight is 603 g/mol. The predicted molar refractivity (Wildman–Crippen MR) is 167 cm³/mol. The molecule has 3 amide bonds. The number of benzene rings is 3. The summed E-state index contributed by atoms with van der Waals surface area (Å²) < 4.78 is 6.14. The van der Waals surface area contributed by atoms with Crippen molar-refractivity contribution in [3.63, 3.8) is 0 Å². The number of nitrogens with zero attached hydrogens (tertiary/aromatic N) is 5. The third kappa shape index (κ3) is 5.82. The van der Waals surface area contributed by atoms with Crippen molar-refractivity contribution < 1.29 is 14.3 Å². The molecular formula is C33H39ClN6O3. The maximum Gasteiger partial charge on any atom is 0.332 e. The number of hydrazine groups is 1. The highest BCUT2D eigenvalue weighted by atomic mass is 35.5. The number of ether oxygens (including phenoxy) is 1. The van der Waals surface area contributed by atoms with E-state index in [0.29, 0.717) is 44.4 Å². The lowest BCUT2D eigenvalue weighted by Gasteiger charge is -2.47. The van der Waals surface area contributed by atoms with E-state index in [1.165, 1.54) is 0 Å². The van der Waals surface area contributed by atoms with Crippen molar-refractivity contribution >= 4 is 29.2 Å². The fraction of sp³-hybridized carbons (Fsp3) is 0.394. The monoisotopic (exact) mass is 602 g/mol. The Morgan fingerprint density at radius 3 is 2.40 bits per heavy atom. The summed E-state index contributed by atoms with van der Waals surface area (Å²) in [5.41, 5.74) is 3.24. The second-order valence-corrected chi connectivity index (χ2v) is 12.1. The molecule has 1 N–H and O–H groups in total. The van der Waals surface area contributed by atoms with Crippen LogP contribution < -0.4 is 10.2 Å². The van der Waals surface area contributed by atoms with Gasteiger partial charge in [0.05, 0.1) is 30.4 Å². The number of halogens is 1. The summed E-state index contributed by atoms with van der Waals surface area (Å²) in [5, 5.41) is 7.73. The van der Waals surface area contributed by atoms with E-state index in [0.717, 1.165) is 28.8 Å². The van der Waals surface area contributed by atoms with Crippen LogP contribution in [-0.4, -0.2) is 84.0 Å². The first-order valence-corrected chi connectivity index (χ1v) is 15.3. The molecule has 1 unspecified atom stereocenters. The van der Waals surface area contributed by atoms with Crippen LogP contribution in [0.2, 0.25) is 5.02 Å². The SMILES string of the molecule is CCCN(C(=O)NCc1ccccc1)N1CC2(CO2)N2[C@@H](c3ccccc3)C(=O)N(Cc3ccc(Cl)c(N(C)C)c3)C[C@H]12. The fourth-order valence-corrected chi connectivity index (χ4v) is 6.60. The molecule has 43 heavy (non-hydrogen) atoms. The number of fused-ring (bicyclic) bond motifs is 2. The highest BCUT2D eigenvalue weighted by molar-refractivity contribution is 6.33. The third-order valence-corrected chi connectivity index (χ3v) is 8.80. The van der Waals surface area contributed by atoms with E-state index in [2.05, 4.69) is 22.1 Å². The van der Waals surface area contributed by atoms with Crippen LogP contribution in [-0.2, 0) is 22.6 Å². The first kappa shape index (κ1) is 29.4. The van der Waals surface area contributed by atoms with Crippen molar-refractivity contribution in [1.29, 1.82) is 0 Å². The minimum atomic E-state index is -0.614. The lowest BCUT2D eigenvalue weighted by Crippen LogP contribution is -2.63. The van der Waals surface area contributed by atoms with Gasteiger partial charge >= 0.3 is 6.03 Å². The smallest absolute Gasteiger partial charge is 0.332 e. The Bertz CT molecular complexity index is 1450. The summed E-state index contributed by atoms with van der Waals surface area (Å²) >= 11 is 6.46. The summed E-state index contributed by atoms with van der Waals surface area (Å²) in [4.78, 5) is 34.2. The van der Waals surface area contributed by atoms with Crippen LogP contribution in [0.1, 0.15) is 36.1 Å². The largest absolute Gasteiger partial charge is 0.376 e. The Morgan fingerprint density at radius 1 is 1.05 bits per heavy atom. The molecule has 0 saturated carbocycles. The number of amides is 3. The second kappa shape index (κ2) is 12.2. The van der Waals surface area contributed by atoms with Crippen LogP contribution >= 0.6 is 11.6 Å². The van der Waals surface area contributed by atoms with E-state index in [9.17, 15) is 9.59 Å². The topological polar surface area (TPSA) is 74.9 Å². The summed E-state index contributed by atoms with van der Waals surface area (Å²) in [6.45, 7) is 4.94. The standard InChI is InChI=1S/C33H39ClN6O3/c1-4-17-38(32(42)35-19-24-11-7-5-8-12-24)39-22-33(23-43-33)40-29(39)21-37(31(41)30(40)26-13-9-6-10-14-26)20-25-15-16-27(34)28(18-25)36(2)3/h5-16,18,29-30H,4,17,19-23H2,1-3H3,(H,35,42)/t29-,30+,33?/m1/s1. The molecule has 6 rings (SSSR count). The van der Waals surface area contributed by atoms with Crippen LogP contribution in [0.15, 0.2) is 78.9 Å². The van der Waals surface area contributed by atoms with Gasteiger partial charge in [0.1, 0.15) is 12.2 Å². The molecule has 0 aliphatic carbocycles. The average Bonchev–Trinajstić information content (AvgIpc) is 3.73. The number of hydrogen-bond donors (Lipinski definition) is 1. The van der Waals surface area contributed by atoms with E-state index in [4.69, 9.17) is 16.3 Å². The molecule has 3 aromatic carbocycles. The molecule has 0 aromatic heterocycles. The molecule has 1 spiro atoms. The molecule has 3 saturated heterocycles. The Hall–Kier alpha value is -3.63. The minimum absolute atomic E-state index is 0.0242. The Balaban J connectivity index is 1.33. The molecular weight excluding hydrogens is 564 g/mol. The van der Waals surface area contributed by atoms with Gasteiger partial charge in [0.25, 0.3) is 0 Å². The molecule has 3 fully saturated rings. The zero-order valence-electron chi connectivity index (χ0n) is 24.9. The van der Waals surface area contributed by atoms with Crippen LogP contribution in [0.25, 0.3) is 0 Å². The molecule has 3 atom stereocenters. The molecule has 0 radical (unpaired) electrons. The van der Waals surface area contributed by atoms with E-state index in [1.54, 1.807) is 0 Å². The van der Waals surface area contributed by atoms with Crippen molar-refractivity contribution in [2.75, 3.05) is 45.2 Å². The molecule has 9 nitrogen and oxygen atoms in total. The van der Waals surface area contributed by atoms with Gasteiger partial charge in [0.15, 0.2) is 5.72 Å². The van der Waals surface area contributed by atoms with Crippen molar-refractivity contribution in [3.8, 4) is 0 Å². The molecule has 226 valence electrons. The van der Waals surface area contributed by atoms with Crippen LogP contribution in [0.3, 0.4) is 0 Å². The minimum Gasteiger partial charge on any atom is -0.376 e. The van der Waals surface area contributed by atoms with Gasteiger partial charge < -0.3 is 19.9 Å². The fourth-order valence-electron chi connectivity index (χ4n) is 6.32. The number of rotatable bonds is 9. The van der Waals surface area contributed by atoms with E-state index in [1.807, 2.05) is 108 Å². The summed E-state index contributed by atoms with van der Waals surface area (Å²) in [6.07, 6.45) is 0.540. The molecule has 10 heteroatoms. The Labute approximate surface area is 258 Å². The maximum absolute atomic E-state index is 14.4. The Morgan fingerprint density at radius 2 is 1.74 bits per heavy atom. The molecule has 3 aliphatic rings. The van der Waals surface area contributed by atoms with Crippen LogP contribution in [0, 0.1) is 0 Å². The summed E-state index contributed by atoms with van der Waals surface area (Å²) in [7, 11) is 3.91.